The monoisotopic (exact) mass is 298 g/mol. The summed E-state index contributed by atoms with van der Waals surface area (Å²) in [6.07, 6.45) is 4.04. The summed E-state index contributed by atoms with van der Waals surface area (Å²) in [6.45, 7) is 5.97. The Kier molecular flexibility index (Phi) is 6.64. The summed E-state index contributed by atoms with van der Waals surface area (Å²) in [6, 6.07) is 0. The Labute approximate surface area is 123 Å². The van der Waals surface area contributed by atoms with E-state index in [9.17, 15) is 14.7 Å². The van der Waals surface area contributed by atoms with Crippen LogP contribution in [0.4, 0.5) is 5.13 Å². The molecule has 0 spiro atoms. The molecule has 0 radical (unpaired) electrons. The lowest BCUT2D eigenvalue weighted by Gasteiger charge is -2.10. The second-order valence-electron chi connectivity index (χ2n) is 4.71. The number of carboxylic acids is 1. The van der Waals surface area contributed by atoms with Crippen molar-refractivity contribution >= 4 is 28.3 Å². The van der Waals surface area contributed by atoms with E-state index in [0.717, 1.165) is 37.0 Å². The molecule has 0 aliphatic rings. The Morgan fingerprint density at radius 2 is 1.95 bits per heavy atom. The highest BCUT2D eigenvalue weighted by molar-refractivity contribution is 7.17. The molecule has 2 N–H and O–H groups in total. The molecule has 0 aromatic carbocycles. The number of amides is 1. The van der Waals surface area contributed by atoms with E-state index in [2.05, 4.69) is 10.3 Å². The van der Waals surface area contributed by atoms with Crippen LogP contribution in [-0.4, -0.2) is 22.0 Å². The molecule has 0 saturated heterocycles. The lowest BCUT2D eigenvalue weighted by molar-refractivity contribution is -0.120. The molecule has 112 valence electrons. The van der Waals surface area contributed by atoms with Crippen LogP contribution in [0.1, 0.15) is 61.8 Å². The molecule has 0 fully saturated rings. The second kappa shape index (κ2) is 7.99. The molecule has 0 saturated carbocycles. The SMILES string of the molecule is CCCCc1nc(NC(=O)C(CC)CC)sc1C(=O)O. The predicted octanol–water partition coefficient (Wildman–Crippen LogP) is 3.56. The number of aryl methyl sites for hydroxylation is 1. The molecule has 1 rings (SSSR count). The highest BCUT2D eigenvalue weighted by Gasteiger charge is 2.20. The first-order chi connectivity index (χ1) is 9.53. The number of carbonyl (C=O) groups excluding carboxylic acids is 1. The standard InChI is InChI=1S/C14H22N2O3S/c1-4-7-8-10-11(13(18)19)20-14(15-10)16-12(17)9(5-2)6-3/h9H,4-8H2,1-3H3,(H,18,19)(H,15,16,17). The van der Waals surface area contributed by atoms with Crippen molar-refractivity contribution in [2.24, 2.45) is 5.92 Å². The summed E-state index contributed by atoms with van der Waals surface area (Å²) >= 11 is 1.04. The van der Waals surface area contributed by atoms with Crippen LogP contribution in [0, 0.1) is 5.92 Å². The van der Waals surface area contributed by atoms with Gasteiger partial charge in [-0.25, -0.2) is 9.78 Å². The van der Waals surface area contributed by atoms with Crippen molar-refractivity contribution in [1.82, 2.24) is 4.98 Å². The van der Waals surface area contributed by atoms with E-state index in [1.807, 2.05) is 20.8 Å². The number of nitrogens with zero attached hydrogens (tertiary/aromatic N) is 1. The Bertz CT molecular complexity index is 467. The average molecular weight is 298 g/mol. The van der Waals surface area contributed by atoms with E-state index in [1.165, 1.54) is 0 Å². The fourth-order valence-corrected chi connectivity index (χ4v) is 2.81. The summed E-state index contributed by atoms with van der Waals surface area (Å²) < 4.78 is 0. The third kappa shape index (κ3) is 4.30. The van der Waals surface area contributed by atoms with Gasteiger partial charge in [0.15, 0.2) is 5.13 Å². The fraction of sp³-hybridized carbons (Fsp3) is 0.643. The topological polar surface area (TPSA) is 79.3 Å². The normalized spacial score (nSPS) is 10.8. The highest BCUT2D eigenvalue weighted by atomic mass is 32.1. The van der Waals surface area contributed by atoms with Crippen molar-refractivity contribution in [3.05, 3.63) is 10.6 Å². The summed E-state index contributed by atoms with van der Waals surface area (Å²) in [7, 11) is 0. The van der Waals surface area contributed by atoms with Crippen LogP contribution < -0.4 is 5.32 Å². The van der Waals surface area contributed by atoms with E-state index in [0.29, 0.717) is 17.2 Å². The van der Waals surface area contributed by atoms with E-state index >= 15 is 0 Å². The van der Waals surface area contributed by atoms with E-state index < -0.39 is 5.97 Å². The molecule has 0 atom stereocenters. The zero-order valence-corrected chi connectivity index (χ0v) is 13.0. The maximum atomic E-state index is 12.0. The summed E-state index contributed by atoms with van der Waals surface area (Å²) in [4.78, 5) is 27.7. The number of rotatable bonds is 8. The zero-order valence-electron chi connectivity index (χ0n) is 12.2. The predicted molar refractivity (Wildman–Crippen MR) is 80.4 cm³/mol. The van der Waals surface area contributed by atoms with Gasteiger partial charge < -0.3 is 10.4 Å². The van der Waals surface area contributed by atoms with Crippen molar-refractivity contribution in [2.45, 2.75) is 52.9 Å². The fourth-order valence-electron chi connectivity index (χ4n) is 1.95. The number of carbonyl (C=O) groups is 2. The van der Waals surface area contributed by atoms with Crippen LogP contribution in [0.25, 0.3) is 0 Å². The number of aromatic nitrogens is 1. The number of carboxylic acid groups (broad SMARTS) is 1. The smallest absolute Gasteiger partial charge is 0.347 e. The Hall–Kier alpha value is -1.43. The van der Waals surface area contributed by atoms with Crippen molar-refractivity contribution in [3.63, 3.8) is 0 Å². The molecule has 0 aliphatic heterocycles. The van der Waals surface area contributed by atoms with Crippen LogP contribution >= 0.6 is 11.3 Å². The van der Waals surface area contributed by atoms with E-state index in [-0.39, 0.29) is 16.7 Å². The van der Waals surface area contributed by atoms with Crippen LogP contribution in [0.5, 0.6) is 0 Å². The van der Waals surface area contributed by atoms with Gasteiger partial charge in [0.25, 0.3) is 0 Å². The van der Waals surface area contributed by atoms with Crippen LogP contribution in [0.3, 0.4) is 0 Å². The van der Waals surface area contributed by atoms with Crippen molar-refractivity contribution in [3.8, 4) is 0 Å². The molecular weight excluding hydrogens is 276 g/mol. The van der Waals surface area contributed by atoms with Gasteiger partial charge in [-0.1, -0.05) is 38.5 Å². The Morgan fingerprint density at radius 1 is 1.30 bits per heavy atom. The Balaban J connectivity index is 2.85. The van der Waals surface area contributed by atoms with Crippen LogP contribution in [0.2, 0.25) is 0 Å². The van der Waals surface area contributed by atoms with Crippen molar-refractivity contribution in [2.75, 3.05) is 5.32 Å². The van der Waals surface area contributed by atoms with Gasteiger partial charge in [0, 0.05) is 5.92 Å². The minimum absolute atomic E-state index is 0.0498. The molecule has 1 aromatic rings. The quantitative estimate of drug-likeness (QED) is 0.769. The third-order valence-corrected chi connectivity index (χ3v) is 4.25. The minimum atomic E-state index is -0.975. The van der Waals surface area contributed by atoms with Gasteiger partial charge in [-0.15, -0.1) is 0 Å². The van der Waals surface area contributed by atoms with Gasteiger partial charge in [-0.3, -0.25) is 4.79 Å². The van der Waals surface area contributed by atoms with Crippen LogP contribution in [-0.2, 0) is 11.2 Å². The average Bonchev–Trinajstić information content (AvgIpc) is 2.80. The second-order valence-corrected chi connectivity index (χ2v) is 5.71. The van der Waals surface area contributed by atoms with E-state index in [4.69, 9.17) is 0 Å². The first-order valence-corrected chi connectivity index (χ1v) is 7.88. The van der Waals surface area contributed by atoms with Gasteiger partial charge in [0.05, 0.1) is 5.69 Å². The number of nitrogens with one attached hydrogen (secondary N) is 1. The van der Waals surface area contributed by atoms with Crippen molar-refractivity contribution in [1.29, 1.82) is 0 Å². The zero-order chi connectivity index (χ0) is 15.1. The van der Waals surface area contributed by atoms with Gasteiger partial charge in [-0.2, -0.15) is 0 Å². The van der Waals surface area contributed by atoms with Gasteiger partial charge in [-0.05, 0) is 25.7 Å². The molecule has 6 heteroatoms. The number of hydrogen-bond acceptors (Lipinski definition) is 4. The summed E-state index contributed by atoms with van der Waals surface area (Å²) in [5.74, 6) is -1.11. The molecular formula is C14H22N2O3S. The molecule has 20 heavy (non-hydrogen) atoms. The molecule has 1 heterocycles. The minimum Gasteiger partial charge on any atom is -0.477 e. The molecule has 0 bridgehead atoms. The lowest BCUT2D eigenvalue weighted by Crippen LogP contribution is -2.21. The summed E-state index contributed by atoms with van der Waals surface area (Å²) in [5, 5.41) is 12.3. The number of thiazole rings is 1. The van der Waals surface area contributed by atoms with Crippen LogP contribution in [0.15, 0.2) is 0 Å². The number of hydrogen-bond donors (Lipinski definition) is 2. The maximum Gasteiger partial charge on any atom is 0.347 e. The Morgan fingerprint density at radius 3 is 2.45 bits per heavy atom. The molecule has 0 unspecified atom stereocenters. The summed E-state index contributed by atoms with van der Waals surface area (Å²) in [5.41, 5.74) is 0.573. The largest absolute Gasteiger partial charge is 0.477 e. The molecule has 1 amide bonds. The third-order valence-electron chi connectivity index (χ3n) is 3.25. The molecule has 5 nitrogen and oxygen atoms in total. The van der Waals surface area contributed by atoms with Gasteiger partial charge >= 0.3 is 5.97 Å². The first-order valence-electron chi connectivity index (χ1n) is 7.07. The number of aromatic carboxylic acids is 1. The molecule has 0 aliphatic carbocycles. The number of unbranched alkanes of at least 4 members (excludes halogenated alkanes) is 1. The van der Waals surface area contributed by atoms with Crippen molar-refractivity contribution < 1.29 is 14.7 Å². The van der Waals surface area contributed by atoms with Gasteiger partial charge in [0.1, 0.15) is 4.88 Å². The first kappa shape index (κ1) is 16.6. The number of anilines is 1. The highest BCUT2D eigenvalue weighted by Crippen LogP contribution is 2.25. The van der Waals surface area contributed by atoms with E-state index in [1.54, 1.807) is 0 Å². The molecule has 1 aromatic heterocycles. The maximum absolute atomic E-state index is 12.0. The lowest BCUT2D eigenvalue weighted by atomic mass is 10.0. The van der Waals surface area contributed by atoms with Gasteiger partial charge in [0.2, 0.25) is 5.91 Å².